The van der Waals surface area contributed by atoms with E-state index in [0.717, 1.165) is 0 Å². The summed E-state index contributed by atoms with van der Waals surface area (Å²) in [6, 6.07) is 12.3. The molecule has 0 saturated heterocycles. The summed E-state index contributed by atoms with van der Waals surface area (Å²) in [5, 5.41) is 0. The minimum absolute atomic E-state index is 0.0508. The van der Waals surface area contributed by atoms with Crippen molar-refractivity contribution in [2.24, 2.45) is 0 Å². The SMILES string of the molecule is CC(=O)c1cccc(S(=O)(=O)Oc2cccc(Br)c2)c1. The molecular formula is C14H11BrO4S. The molecular weight excluding hydrogens is 344 g/mol. The number of hydrogen-bond donors (Lipinski definition) is 0. The van der Waals surface area contributed by atoms with Gasteiger partial charge >= 0.3 is 10.1 Å². The highest BCUT2D eigenvalue weighted by Gasteiger charge is 2.17. The second-order valence-corrected chi connectivity index (χ2v) is 6.54. The summed E-state index contributed by atoms with van der Waals surface area (Å²) in [6.45, 7) is 1.38. The zero-order valence-corrected chi connectivity index (χ0v) is 12.9. The first-order chi connectivity index (χ1) is 9.38. The molecule has 0 unspecified atom stereocenters. The van der Waals surface area contributed by atoms with Crippen LogP contribution in [-0.4, -0.2) is 14.2 Å². The molecule has 0 atom stereocenters. The predicted molar refractivity (Wildman–Crippen MR) is 78.4 cm³/mol. The van der Waals surface area contributed by atoms with Gasteiger partial charge in [-0.25, -0.2) is 0 Å². The van der Waals surface area contributed by atoms with Crippen LogP contribution >= 0.6 is 15.9 Å². The fourth-order valence-electron chi connectivity index (χ4n) is 1.56. The van der Waals surface area contributed by atoms with Crippen molar-refractivity contribution in [1.82, 2.24) is 0 Å². The van der Waals surface area contributed by atoms with Crippen molar-refractivity contribution in [1.29, 1.82) is 0 Å². The van der Waals surface area contributed by atoms with E-state index in [1.54, 1.807) is 24.3 Å². The summed E-state index contributed by atoms with van der Waals surface area (Å²) < 4.78 is 30.0. The lowest BCUT2D eigenvalue weighted by atomic mass is 10.2. The molecule has 104 valence electrons. The van der Waals surface area contributed by atoms with E-state index in [9.17, 15) is 13.2 Å². The summed E-state index contributed by atoms with van der Waals surface area (Å²) in [6.07, 6.45) is 0. The Hall–Kier alpha value is -1.66. The summed E-state index contributed by atoms with van der Waals surface area (Å²) in [5.74, 6) is -0.00268. The molecule has 0 spiro atoms. The van der Waals surface area contributed by atoms with Crippen molar-refractivity contribution in [3.8, 4) is 5.75 Å². The van der Waals surface area contributed by atoms with E-state index in [0.29, 0.717) is 10.0 Å². The van der Waals surface area contributed by atoms with Crippen LogP contribution in [0, 0.1) is 0 Å². The Balaban J connectivity index is 2.35. The summed E-state index contributed by atoms with van der Waals surface area (Å²) in [7, 11) is -3.96. The minimum Gasteiger partial charge on any atom is -0.379 e. The number of halogens is 1. The zero-order chi connectivity index (χ0) is 14.8. The van der Waals surface area contributed by atoms with Crippen LogP contribution in [0.1, 0.15) is 17.3 Å². The molecule has 0 bridgehead atoms. The van der Waals surface area contributed by atoms with E-state index in [1.807, 2.05) is 0 Å². The van der Waals surface area contributed by atoms with Gasteiger partial charge in [-0.2, -0.15) is 8.42 Å². The molecule has 0 aliphatic carbocycles. The molecule has 20 heavy (non-hydrogen) atoms. The smallest absolute Gasteiger partial charge is 0.339 e. The molecule has 0 heterocycles. The van der Waals surface area contributed by atoms with Gasteiger partial charge in [-0.1, -0.05) is 34.1 Å². The number of benzene rings is 2. The number of ketones is 1. The Morgan fingerprint density at radius 1 is 1.10 bits per heavy atom. The van der Waals surface area contributed by atoms with Crippen LogP contribution in [0.2, 0.25) is 0 Å². The van der Waals surface area contributed by atoms with Gasteiger partial charge in [-0.15, -0.1) is 0 Å². The second-order valence-electron chi connectivity index (χ2n) is 4.08. The van der Waals surface area contributed by atoms with E-state index in [4.69, 9.17) is 4.18 Å². The fourth-order valence-corrected chi connectivity index (χ4v) is 2.91. The molecule has 2 aromatic carbocycles. The molecule has 0 amide bonds. The van der Waals surface area contributed by atoms with Crippen molar-refractivity contribution in [2.75, 3.05) is 0 Å². The van der Waals surface area contributed by atoms with Crippen LogP contribution in [-0.2, 0) is 10.1 Å². The van der Waals surface area contributed by atoms with E-state index in [1.165, 1.54) is 31.2 Å². The first kappa shape index (κ1) is 14.7. The molecule has 0 fully saturated rings. The lowest BCUT2D eigenvalue weighted by molar-refractivity contribution is 0.101. The van der Waals surface area contributed by atoms with E-state index in [2.05, 4.69) is 15.9 Å². The van der Waals surface area contributed by atoms with Crippen LogP contribution in [0.15, 0.2) is 57.9 Å². The maximum absolute atomic E-state index is 12.1. The van der Waals surface area contributed by atoms with Crippen LogP contribution in [0.3, 0.4) is 0 Å². The van der Waals surface area contributed by atoms with Crippen molar-refractivity contribution in [3.63, 3.8) is 0 Å². The van der Waals surface area contributed by atoms with Gasteiger partial charge in [0, 0.05) is 10.0 Å². The quantitative estimate of drug-likeness (QED) is 0.623. The molecule has 4 nitrogen and oxygen atoms in total. The highest BCUT2D eigenvalue weighted by Crippen LogP contribution is 2.22. The lowest BCUT2D eigenvalue weighted by Crippen LogP contribution is -2.10. The molecule has 2 rings (SSSR count). The maximum atomic E-state index is 12.1. The highest BCUT2D eigenvalue weighted by molar-refractivity contribution is 9.10. The Morgan fingerprint density at radius 2 is 1.80 bits per heavy atom. The highest BCUT2D eigenvalue weighted by atomic mass is 79.9. The molecule has 6 heteroatoms. The van der Waals surface area contributed by atoms with Gasteiger partial charge in [-0.05, 0) is 37.3 Å². The first-order valence-corrected chi connectivity index (χ1v) is 7.90. The molecule has 0 aliphatic heterocycles. The van der Waals surface area contributed by atoms with Crippen molar-refractivity contribution in [2.45, 2.75) is 11.8 Å². The van der Waals surface area contributed by atoms with Gasteiger partial charge in [0.05, 0.1) is 0 Å². The van der Waals surface area contributed by atoms with Gasteiger partial charge in [-0.3, -0.25) is 4.79 Å². The summed E-state index contributed by atoms with van der Waals surface area (Å²) in [4.78, 5) is 11.2. The van der Waals surface area contributed by atoms with E-state index >= 15 is 0 Å². The van der Waals surface area contributed by atoms with Crippen molar-refractivity contribution < 1.29 is 17.4 Å². The van der Waals surface area contributed by atoms with Crippen LogP contribution in [0.5, 0.6) is 5.75 Å². The Kier molecular flexibility index (Phi) is 4.25. The number of rotatable bonds is 4. The largest absolute Gasteiger partial charge is 0.379 e. The maximum Gasteiger partial charge on any atom is 0.339 e. The average molecular weight is 355 g/mol. The van der Waals surface area contributed by atoms with E-state index in [-0.39, 0.29) is 16.4 Å². The predicted octanol–water partition coefficient (Wildman–Crippen LogP) is 3.42. The third kappa shape index (κ3) is 3.46. The molecule has 0 N–H and O–H groups in total. The normalized spacial score (nSPS) is 11.1. The summed E-state index contributed by atoms with van der Waals surface area (Å²) >= 11 is 3.24. The number of carbonyl (C=O) groups is 1. The summed E-state index contributed by atoms with van der Waals surface area (Å²) in [5.41, 5.74) is 0.323. The van der Waals surface area contributed by atoms with Gasteiger partial charge in [0.25, 0.3) is 0 Å². The topological polar surface area (TPSA) is 60.4 Å². The Bertz CT molecular complexity index is 753. The zero-order valence-electron chi connectivity index (χ0n) is 10.5. The Labute approximate surface area is 125 Å². The third-order valence-electron chi connectivity index (χ3n) is 2.53. The third-order valence-corrected chi connectivity index (χ3v) is 4.27. The van der Waals surface area contributed by atoms with Crippen molar-refractivity contribution in [3.05, 3.63) is 58.6 Å². The molecule has 0 radical (unpaired) electrons. The monoisotopic (exact) mass is 354 g/mol. The number of Topliss-reactive ketones (excluding diaryl/α,β-unsaturated/α-hetero) is 1. The lowest BCUT2D eigenvalue weighted by Gasteiger charge is -2.08. The van der Waals surface area contributed by atoms with Crippen LogP contribution in [0.4, 0.5) is 0 Å². The molecule has 0 saturated carbocycles. The van der Waals surface area contributed by atoms with Crippen molar-refractivity contribution >= 4 is 31.8 Å². The van der Waals surface area contributed by atoms with Gasteiger partial charge < -0.3 is 4.18 Å². The average Bonchev–Trinajstić information content (AvgIpc) is 2.38. The molecule has 0 aromatic heterocycles. The standard InChI is InChI=1S/C14H11BrO4S/c1-10(16)11-4-2-7-14(8-11)20(17,18)19-13-6-3-5-12(15)9-13/h2-9H,1H3. The van der Waals surface area contributed by atoms with Crippen LogP contribution in [0.25, 0.3) is 0 Å². The second kappa shape index (κ2) is 5.76. The van der Waals surface area contributed by atoms with Gasteiger partial charge in [0.2, 0.25) is 0 Å². The van der Waals surface area contributed by atoms with E-state index < -0.39 is 10.1 Å². The first-order valence-electron chi connectivity index (χ1n) is 5.69. The number of carbonyl (C=O) groups excluding carboxylic acids is 1. The minimum atomic E-state index is -3.96. The Morgan fingerprint density at radius 3 is 2.45 bits per heavy atom. The molecule has 2 aromatic rings. The fraction of sp³-hybridized carbons (Fsp3) is 0.0714. The molecule has 0 aliphatic rings. The van der Waals surface area contributed by atoms with Gasteiger partial charge in [0.1, 0.15) is 10.6 Å². The van der Waals surface area contributed by atoms with Gasteiger partial charge in [0.15, 0.2) is 5.78 Å². The van der Waals surface area contributed by atoms with Crippen LogP contribution < -0.4 is 4.18 Å². The number of hydrogen-bond acceptors (Lipinski definition) is 4.